The van der Waals surface area contributed by atoms with Crippen LogP contribution in [0.2, 0.25) is 5.02 Å². The first-order valence-corrected chi connectivity index (χ1v) is 10.9. The minimum absolute atomic E-state index is 0.0110. The minimum atomic E-state index is -4.74. The second-order valence-electron chi connectivity index (χ2n) is 6.95. The van der Waals surface area contributed by atoms with Crippen molar-refractivity contribution in [3.63, 3.8) is 0 Å². The van der Waals surface area contributed by atoms with Crippen LogP contribution in [0, 0.1) is 0 Å². The van der Waals surface area contributed by atoms with Crippen molar-refractivity contribution in [3.8, 4) is 11.3 Å². The lowest BCUT2D eigenvalue weighted by molar-refractivity contribution is -0.140. The van der Waals surface area contributed by atoms with Crippen molar-refractivity contribution >= 4 is 21.6 Å². The van der Waals surface area contributed by atoms with Crippen LogP contribution in [0.15, 0.2) is 53.7 Å². The van der Waals surface area contributed by atoms with E-state index in [4.69, 9.17) is 11.6 Å². The van der Waals surface area contributed by atoms with Gasteiger partial charge in [0, 0.05) is 29.0 Å². The summed E-state index contributed by atoms with van der Waals surface area (Å²) in [4.78, 5) is 3.40. The Hall–Kier alpha value is -2.36. The lowest BCUT2D eigenvalue weighted by Crippen LogP contribution is -2.17. The van der Waals surface area contributed by atoms with Crippen LogP contribution in [0.1, 0.15) is 29.3 Å². The third-order valence-corrected chi connectivity index (χ3v) is 7.09. The van der Waals surface area contributed by atoms with Gasteiger partial charge in [-0.2, -0.15) is 13.2 Å². The Morgan fingerprint density at radius 1 is 1.23 bits per heavy atom. The van der Waals surface area contributed by atoms with Crippen LogP contribution >= 0.6 is 11.6 Å². The highest BCUT2D eigenvalue weighted by Crippen LogP contribution is 2.44. The van der Waals surface area contributed by atoms with Crippen LogP contribution < -0.4 is 5.32 Å². The molecule has 0 spiro atoms. The normalized spacial score (nSPS) is 16.6. The number of nitrogens with zero attached hydrogens (tertiary/aromatic N) is 2. The van der Waals surface area contributed by atoms with Crippen molar-refractivity contribution in [2.24, 2.45) is 0 Å². The molecule has 0 fully saturated rings. The lowest BCUT2D eigenvalue weighted by atomic mass is 10.0. The molecule has 1 atom stereocenters. The second kappa shape index (κ2) is 7.40. The number of nitrogens with one attached hydrogen (secondary N) is 1. The van der Waals surface area contributed by atoms with Gasteiger partial charge in [-0.3, -0.25) is 4.98 Å². The average Bonchev–Trinajstić information content (AvgIpc) is 3.26. The van der Waals surface area contributed by atoms with E-state index in [1.165, 1.54) is 42.6 Å². The maximum absolute atomic E-state index is 13.7. The zero-order chi connectivity index (χ0) is 21.7. The van der Waals surface area contributed by atoms with Crippen molar-refractivity contribution in [1.29, 1.82) is 0 Å². The Morgan fingerprint density at radius 2 is 2.00 bits per heavy atom. The summed E-state index contributed by atoms with van der Waals surface area (Å²) in [5.74, 6) is 0. The molecule has 0 amide bonds. The smallest absolute Gasteiger partial charge is 0.313 e. The van der Waals surface area contributed by atoms with E-state index in [1.807, 2.05) is 0 Å². The lowest BCUT2D eigenvalue weighted by Gasteiger charge is -2.16. The molecular weight excluding hydrogens is 439 g/mol. The monoisotopic (exact) mass is 455 g/mol. The Morgan fingerprint density at radius 3 is 2.67 bits per heavy atom. The zero-order valence-electron chi connectivity index (χ0n) is 15.7. The van der Waals surface area contributed by atoms with Crippen molar-refractivity contribution < 1.29 is 21.6 Å². The van der Waals surface area contributed by atoms with Gasteiger partial charge in [0.1, 0.15) is 0 Å². The van der Waals surface area contributed by atoms with Gasteiger partial charge in [0.2, 0.25) is 0 Å². The fraction of sp³-hybridized carbons (Fsp3) is 0.250. The van der Waals surface area contributed by atoms with Crippen LogP contribution in [0.5, 0.6) is 0 Å². The van der Waals surface area contributed by atoms with Gasteiger partial charge >= 0.3 is 6.18 Å². The molecule has 5 nitrogen and oxygen atoms in total. The molecule has 10 heteroatoms. The van der Waals surface area contributed by atoms with E-state index < -0.39 is 21.9 Å². The summed E-state index contributed by atoms with van der Waals surface area (Å²) < 4.78 is 68.8. The number of halogens is 4. The van der Waals surface area contributed by atoms with Crippen LogP contribution in [0.3, 0.4) is 0 Å². The number of pyridine rings is 1. The molecule has 0 aliphatic heterocycles. The molecule has 0 radical (unpaired) electrons. The highest BCUT2D eigenvalue weighted by molar-refractivity contribution is 7.90. The highest BCUT2D eigenvalue weighted by atomic mass is 35.5. The number of aromatic nitrogens is 2. The summed E-state index contributed by atoms with van der Waals surface area (Å²) in [6.45, 7) is 0. The Kier molecular flexibility index (Phi) is 5.16. The van der Waals surface area contributed by atoms with Gasteiger partial charge in [-0.25, -0.2) is 12.4 Å². The largest absolute Gasteiger partial charge is 0.434 e. The first kappa shape index (κ1) is 20.9. The molecule has 158 valence electrons. The van der Waals surface area contributed by atoms with Gasteiger partial charge < -0.3 is 5.32 Å². The number of fused-ring (bicyclic) bond motifs is 1. The molecule has 1 aliphatic rings. The molecule has 1 aromatic carbocycles. The first-order valence-electron chi connectivity index (χ1n) is 9.09. The Balaban J connectivity index is 2.04. The van der Waals surface area contributed by atoms with Gasteiger partial charge in [-0.1, -0.05) is 17.7 Å². The summed E-state index contributed by atoms with van der Waals surface area (Å²) in [5, 5.41) is 3.30. The SMILES string of the molecule is CNC1CCc2c1cn(S(=O)(=O)c1cccc(Cl)c1)c2-c1cccnc1C(F)(F)F. The molecule has 2 aromatic heterocycles. The molecule has 4 rings (SSSR count). The number of alkyl halides is 3. The minimum Gasteiger partial charge on any atom is -0.313 e. The maximum atomic E-state index is 13.7. The van der Waals surface area contributed by atoms with Crippen molar-refractivity contribution in [2.45, 2.75) is 30.0 Å². The van der Waals surface area contributed by atoms with E-state index in [9.17, 15) is 21.6 Å². The fourth-order valence-corrected chi connectivity index (χ4v) is 5.59. The standard InChI is InChI=1S/C20H17ClF3N3O2S/c1-25-17-8-7-14-16(17)11-27(30(28,29)13-5-2-4-12(21)10-13)18(14)15-6-3-9-26-19(15)20(22,23)24/h2-6,9-11,17,25H,7-8H2,1H3. The molecule has 0 saturated carbocycles. The van der Waals surface area contributed by atoms with Crippen LogP contribution in [0.4, 0.5) is 13.2 Å². The van der Waals surface area contributed by atoms with Crippen LogP contribution in [-0.4, -0.2) is 24.4 Å². The van der Waals surface area contributed by atoms with Crippen LogP contribution in [0.25, 0.3) is 11.3 Å². The summed E-state index contributed by atoms with van der Waals surface area (Å²) in [6, 6.07) is 8.10. The average molecular weight is 456 g/mol. The van der Waals surface area contributed by atoms with Crippen LogP contribution in [-0.2, 0) is 22.6 Å². The second-order valence-corrected chi connectivity index (χ2v) is 9.20. The number of hydrogen-bond donors (Lipinski definition) is 1. The quantitative estimate of drug-likeness (QED) is 0.621. The third-order valence-electron chi connectivity index (χ3n) is 5.20. The van der Waals surface area contributed by atoms with Crippen molar-refractivity contribution in [3.05, 3.63) is 70.6 Å². The van der Waals surface area contributed by atoms with E-state index in [-0.39, 0.29) is 27.2 Å². The molecule has 0 saturated heterocycles. The van der Waals surface area contributed by atoms with E-state index in [0.717, 1.165) is 10.2 Å². The number of hydrogen-bond acceptors (Lipinski definition) is 4. The maximum Gasteiger partial charge on any atom is 0.434 e. The van der Waals surface area contributed by atoms with E-state index >= 15 is 0 Å². The van der Waals surface area contributed by atoms with Gasteiger partial charge in [0.25, 0.3) is 10.0 Å². The topological polar surface area (TPSA) is 64.0 Å². The third kappa shape index (κ3) is 3.40. The van der Waals surface area contributed by atoms with Gasteiger partial charge in [-0.15, -0.1) is 0 Å². The first-order chi connectivity index (χ1) is 14.1. The van der Waals surface area contributed by atoms with Gasteiger partial charge in [0.05, 0.1) is 10.6 Å². The molecular formula is C20H17ClF3N3O2S. The Bertz CT molecular complexity index is 1220. The van der Waals surface area contributed by atoms with Crippen molar-refractivity contribution in [1.82, 2.24) is 14.3 Å². The summed E-state index contributed by atoms with van der Waals surface area (Å²) in [6.07, 6.45) is -1.18. The van der Waals surface area contributed by atoms with Gasteiger partial charge in [-0.05, 0) is 61.3 Å². The van der Waals surface area contributed by atoms with Gasteiger partial charge in [0.15, 0.2) is 5.69 Å². The van der Waals surface area contributed by atoms with Crippen molar-refractivity contribution in [2.75, 3.05) is 7.05 Å². The number of benzene rings is 1. The molecule has 0 bridgehead atoms. The molecule has 1 N–H and O–H groups in total. The summed E-state index contributed by atoms with van der Waals surface area (Å²) >= 11 is 5.96. The molecule has 1 unspecified atom stereocenters. The zero-order valence-corrected chi connectivity index (χ0v) is 17.3. The molecule has 3 aromatic rings. The fourth-order valence-electron chi connectivity index (χ4n) is 3.88. The molecule has 30 heavy (non-hydrogen) atoms. The Labute approximate surface area is 176 Å². The predicted molar refractivity (Wildman–Crippen MR) is 107 cm³/mol. The molecule has 2 heterocycles. The predicted octanol–water partition coefficient (Wildman–Crippen LogP) is 4.67. The summed E-state index contributed by atoms with van der Waals surface area (Å²) in [5.41, 5.74) is -0.174. The summed E-state index contributed by atoms with van der Waals surface area (Å²) in [7, 11) is -2.47. The molecule has 1 aliphatic carbocycles. The number of rotatable bonds is 4. The van der Waals surface area contributed by atoms with E-state index in [0.29, 0.717) is 24.0 Å². The van der Waals surface area contributed by atoms with E-state index in [2.05, 4.69) is 10.3 Å². The highest BCUT2D eigenvalue weighted by Gasteiger charge is 2.39. The van der Waals surface area contributed by atoms with E-state index in [1.54, 1.807) is 7.05 Å².